The van der Waals surface area contributed by atoms with Crippen LogP contribution in [0.25, 0.3) is 0 Å². The molecule has 4 nitrogen and oxygen atoms in total. The summed E-state index contributed by atoms with van der Waals surface area (Å²) in [6, 6.07) is 10.1. The Bertz CT molecular complexity index is 586. The molecule has 0 bridgehead atoms. The third-order valence-corrected chi connectivity index (χ3v) is 5.05. The van der Waals surface area contributed by atoms with E-state index >= 15 is 0 Å². The van der Waals surface area contributed by atoms with Gasteiger partial charge in [-0.05, 0) is 26.3 Å². The lowest BCUT2D eigenvalue weighted by Gasteiger charge is -2.23. The molecule has 0 spiro atoms. The lowest BCUT2D eigenvalue weighted by atomic mass is 10.2. The van der Waals surface area contributed by atoms with Crippen molar-refractivity contribution in [2.45, 2.75) is 36.9 Å². The van der Waals surface area contributed by atoms with Gasteiger partial charge in [-0.15, -0.1) is 10.2 Å². The van der Waals surface area contributed by atoms with Crippen LogP contribution >= 0.6 is 23.1 Å². The summed E-state index contributed by atoms with van der Waals surface area (Å²) in [6.45, 7) is 7.21. The van der Waals surface area contributed by atoms with Gasteiger partial charge in [-0.3, -0.25) is 4.79 Å². The second kappa shape index (κ2) is 7.56. The number of aromatic nitrogens is 2. The fraction of sp³-hybridized carbons (Fsp3) is 0.400. The van der Waals surface area contributed by atoms with Gasteiger partial charge in [0.05, 0.1) is 5.25 Å². The molecule has 6 heteroatoms. The van der Waals surface area contributed by atoms with E-state index in [4.69, 9.17) is 0 Å². The van der Waals surface area contributed by atoms with Crippen molar-refractivity contribution in [3.05, 3.63) is 40.9 Å². The number of thioether (sulfide) groups is 1. The molecule has 0 aliphatic carbocycles. The van der Waals surface area contributed by atoms with Crippen LogP contribution in [0.5, 0.6) is 0 Å². The third kappa shape index (κ3) is 4.54. The van der Waals surface area contributed by atoms with Crippen LogP contribution in [0.2, 0.25) is 0 Å². The van der Waals surface area contributed by atoms with E-state index in [9.17, 15) is 4.79 Å². The molecule has 1 atom stereocenters. The number of amides is 1. The SMILES string of the molecule is CCN(Cc1ccccc1)C(=O)C(C)Sc1nnc(C)s1. The van der Waals surface area contributed by atoms with Gasteiger partial charge in [-0.25, -0.2) is 0 Å². The summed E-state index contributed by atoms with van der Waals surface area (Å²) in [5.41, 5.74) is 1.15. The van der Waals surface area contributed by atoms with Crippen molar-refractivity contribution >= 4 is 29.0 Å². The molecule has 0 N–H and O–H groups in total. The molecule has 1 aromatic carbocycles. The van der Waals surface area contributed by atoms with Crippen LogP contribution < -0.4 is 0 Å². The lowest BCUT2D eigenvalue weighted by Crippen LogP contribution is -2.35. The molecule has 2 rings (SSSR count). The smallest absolute Gasteiger partial charge is 0.236 e. The van der Waals surface area contributed by atoms with Crippen molar-refractivity contribution in [1.82, 2.24) is 15.1 Å². The van der Waals surface area contributed by atoms with E-state index < -0.39 is 0 Å². The Kier molecular flexibility index (Phi) is 5.76. The quantitative estimate of drug-likeness (QED) is 0.765. The van der Waals surface area contributed by atoms with Gasteiger partial charge in [0, 0.05) is 13.1 Å². The average molecular weight is 321 g/mol. The van der Waals surface area contributed by atoms with E-state index in [0.29, 0.717) is 13.1 Å². The number of rotatable bonds is 6. The molecule has 0 aliphatic rings. The number of nitrogens with zero attached hydrogens (tertiary/aromatic N) is 3. The molecule has 2 aromatic rings. The minimum Gasteiger partial charge on any atom is -0.338 e. The molecular weight excluding hydrogens is 302 g/mol. The predicted octanol–water partition coefficient (Wildman–Crippen LogP) is 3.38. The van der Waals surface area contributed by atoms with E-state index in [0.717, 1.165) is 14.9 Å². The second-order valence-corrected chi connectivity index (χ2v) is 7.45. The third-order valence-electron chi connectivity index (χ3n) is 3.04. The Hall–Kier alpha value is -1.40. The molecule has 0 saturated carbocycles. The van der Waals surface area contributed by atoms with E-state index in [1.807, 2.05) is 56.0 Å². The van der Waals surface area contributed by atoms with Crippen LogP contribution in [-0.2, 0) is 11.3 Å². The maximum absolute atomic E-state index is 12.6. The van der Waals surface area contributed by atoms with Crippen LogP contribution in [0.15, 0.2) is 34.7 Å². The van der Waals surface area contributed by atoms with Gasteiger partial charge in [0.2, 0.25) is 5.91 Å². The van der Waals surface area contributed by atoms with Gasteiger partial charge in [-0.1, -0.05) is 53.4 Å². The van der Waals surface area contributed by atoms with Gasteiger partial charge in [-0.2, -0.15) is 0 Å². The molecule has 21 heavy (non-hydrogen) atoms. The standard InChI is InChI=1S/C15H19N3OS2/c1-4-18(10-13-8-6-5-7-9-13)14(19)11(2)20-15-17-16-12(3)21-15/h5-9,11H,4,10H2,1-3H3. The van der Waals surface area contributed by atoms with Crippen molar-refractivity contribution in [2.75, 3.05) is 6.54 Å². The van der Waals surface area contributed by atoms with Crippen LogP contribution in [0.4, 0.5) is 0 Å². The highest BCUT2D eigenvalue weighted by molar-refractivity contribution is 8.02. The highest BCUT2D eigenvalue weighted by atomic mass is 32.2. The van der Waals surface area contributed by atoms with Crippen LogP contribution in [0, 0.1) is 6.92 Å². The Morgan fingerprint density at radius 1 is 1.33 bits per heavy atom. The first-order chi connectivity index (χ1) is 10.1. The average Bonchev–Trinajstić information content (AvgIpc) is 2.90. The summed E-state index contributed by atoms with van der Waals surface area (Å²) in [6.07, 6.45) is 0. The molecule has 1 heterocycles. The van der Waals surface area contributed by atoms with Crippen LogP contribution in [0.1, 0.15) is 24.4 Å². The fourth-order valence-electron chi connectivity index (χ4n) is 1.93. The first-order valence-electron chi connectivity index (χ1n) is 6.89. The Morgan fingerprint density at radius 2 is 2.05 bits per heavy atom. The monoisotopic (exact) mass is 321 g/mol. The summed E-state index contributed by atoms with van der Waals surface area (Å²) in [5, 5.41) is 8.83. The van der Waals surface area contributed by atoms with Crippen molar-refractivity contribution in [3.8, 4) is 0 Å². The normalized spacial score (nSPS) is 12.1. The molecule has 0 fully saturated rings. The van der Waals surface area contributed by atoms with Crippen molar-refractivity contribution < 1.29 is 4.79 Å². The molecular formula is C15H19N3OS2. The van der Waals surface area contributed by atoms with Gasteiger partial charge < -0.3 is 4.90 Å². The zero-order valence-electron chi connectivity index (χ0n) is 12.4. The van der Waals surface area contributed by atoms with Gasteiger partial charge in [0.1, 0.15) is 5.01 Å². The minimum absolute atomic E-state index is 0.138. The Morgan fingerprint density at radius 3 is 2.62 bits per heavy atom. The first kappa shape index (κ1) is 16.0. The van der Waals surface area contributed by atoms with E-state index in [-0.39, 0.29) is 11.2 Å². The highest BCUT2D eigenvalue weighted by Crippen LogP contribution is 2.27. The highest BCUT2D eigenvalue weighted by Gasteiger charge is 2.21. The number of hydrogen-bond acceptors (Lipinski definition) is 5. The lowest BCUT2D eigenvalue weighted by molar-refractivity contribution is -0.130. The summed E-state index contributed by atoms with van der Waals surface area (Å²) in [5.74, 6) is 0.138. The first-order valence-corrected chi connectivity index (χ1v) is 8.59. The zero-order valence-corrected chi connectivity index (χ0v) is 14.1. The maximum Gasteiger partial charge on any atom is 0.236 e. The van der Waals surface area contributed by atoms with E-state index in [1.165, 1.54) is 23.1 Å². The Labute approximate surface area is 133 Å². The second-order valence-electron chi connectivity index (χ2n) is 4.69. The van der Waals surface area contributed by atoms with E-state index in [1.54, 1.807) is 0 Å². The Balaban J connectivity index is 1.98. The molecule has 0 radical (unpaired) electrons. The van der Waals surface area contributed by atoms with Crippen LogP contribution in [-0.4, -0.2) is 32.8 Å². The largest absolute Gasteiger partial charge is 0.338 e. The topological polar surface area (TPSA) is 46.1 Å². The molecule has 0 aliphatic heterocycles. The maximum atomic E-state index is 12.6. The number of carbonyl (C=O) groups is 1. The minimum atomic E-state index is -0.152. The number of carbonyl (C=O) groups excluding carboxylic acids is 1. The fourth-order valence-corrected chi connectivity index (χ4v) is 3.98. The predicted molar refractivity (Wildman–Crippen MR) is 87.5 cm³/mol. The summed E-state index contributed by atoms with van der Waals surface area (Å²) >= 11 is 3.01. The molecule has 1 unspecified atom stereocenters. The van der Waals surface area contributed by atoms with Gasteiger partial charge in [0.15, 0.2) is 4.34 Å². The molecule has 1 amide bonds. The van der Waals surface area contributed by atoms with Crippen molar-refractivity contribution in [1.29, 1.82) is 0 Å². The molecule has 1 aromatic heterocycles. The van der Waals surface area contributed by atoms with Gasteiger partial charge in [0.25, 0.3) is 0 Å². The molecule has 0 saturated heterocycles. The van der Waals surface area contributed by atoms with Gasteiger partial charge >= 0.3 is 0 Å². The summed E-state index contributed by atoms with van der Waals surface area (Å²) < 4.78 is 0.851. The summed E-state index contributed by atoms with van der Waals surface area (Å²) in [4.78, 5) is 14.4. The number of aryl methyl sites for hydroxylation is 1. The van der Waals surface area contributed by atoms with Crippen molar-refractivity contribution in [3.63, 3.8) is 0 Å². The number of hydrogen-bond donors (Lipinski definition) is 0. The summed E-state index contributed by atoms with van der Waals surface area (Å²) in [7, 11) is 0. The van der Waals surface area contributed by atoms with Crippen LogP contribution in [0.3, 0.4) is 0 Å². The number of benzene rings is 1. The van der Waals surface area contributed by atoms with E-state index in [2.05, 4.69) is 10.2 Å². The van der Waals surface area contributed by atoms with Crippen molar-refractivity contribution in [2.24, 2.45) is 0 Å². The zero-order chi connectivity index (χ0) is 15.2. The molecule has 112 valence electrons.